The molecule has 2 fully saturated rings. The average molecular weight is 225 g/mol. The van der Waals surface area contributed by atoms with E-state index >= 15 is 0 Å². The molecule has 0 unspecified atom stereocenters. The van der Waals surface area contributed by atoms with Gasteiger partial charge in [0, 0.05) is 25.2 Å². The third kappa shape index (κ3) is 1.74. The predicted octanol–water partition coefficient (Wildman–Crippen LogP) is 2.06. The number of nitrogens with zero attached hydrogens (tertiary/aromatic N) is 3. The number of aromatic nitrogens is 2. The van der Waals surface area contributed by atoms with Gasteiger partial charge in [-0.05, 0) is 18.9 Å². The van der Waals surface area contributed by atoms with Gasteiger partial charge in [0.2, 0.25) is 6.43 Å². The third-order valence-electron chi connectivity index (χ3n) is 3.19. The first-order valence-corrected chi connectivity index (χ1v) is 5.60. The van der Waals surface area contributed by atoms with E-state index in [9.17, 15) is 8.78 Å². The second-order valence-electron chi connectivity index (χ2n) is 4.55. The highest BCUT2D eigenvalue weighted by Gasteiger charge is 2.35. The summed E-state index contributed by atoms with van der Waals surface area (Å²) in [7, 11) is 0. The molecule has 3 rings (SSSR count). The molecule has 0 N–H and O–H groups in total. The van der Waals surface area contributed by atoms with E-state index < -0.39 is 12.3 Å². The van der Waals surface area contributed by atoms with Crippen LogP contribution in [-0.4, -0.2) is 29.5 Å². The minimum atomic E-state index is -2.21. The Morgan fingerprint density at radius 1 is 1.31 bits per heavy atom. The van der Waals surface area contributed by atoms with E-state index in [4.69, 9.17) is 0 Å². The molecule has 0 amide bonds. The lowest BCUT2D eigenvalue weighted by molar-refractivity contribution is 0.0611. The lowest BCUT2D eigenvalue weighted by atomic mass is 10.0. The molecular formula is C11H13F2N3. The molecule has 0 bridgehead atoms. The van der Waals surface area contributed by atoms with E-state index in [1.807, 2.05) is 4.90 Å². The molecule has 3 nitrogen and oxygen atoms in total. The summed E-state index contributed by atoms with van der Waals surface area (Å²) in [6.45, 7) is 0.831. The van der Waals surface area contributed by atoms with Gasteiger partial charge in [-0.2, -0.15) is 0 Å². The summed E-state index contributed by atoms with van der Waals surface area (Å²) in [5, 5.41) is 0. The molecule has 2 aliphatic rings. The molecule has 16 heavy (non-hydrogen) atoms. The zero-order valence-corrected chi connectivity index (χ0v) is 8.81. The van der Waals surface area contributed by atoms with Crippen molar-refractivity contribution in [3.8, 4) is 0 Å². The van der Waals surface area contributed by atoms with E-state index in [1.165, 1.54) is 0 Å². The van der Waals surface area contributed by atoms with Crippen LogP contribution in [0.4, 0.5) is 14.6 Å². The maximum atomic E-state index is 12.3. The molecule has 0 radical (unpaired) electrons. The maximum Gasteiger partial charge on any atom is 0.244 e. The van der Waals surface area contributed by atoms with Gasteiger partial charge in [-0.15, -0.1) is 0 Å². The molecule has 1 aliphatic carbocycles. The minimum absolute atomic E-state index is 0.415. The first-order valence-electron chi connectivity index (χ1n) is 5.60. The Morgan fingerprint density at radius 2 is 2.06 bits per heavy atom. The van der Waals surface area contributed by atoms with Crippen molar-refractivity contribution in [3.63, 3.8) is 0 Å². The third-order valence-corrected chi connectivity index (χ3v) is 3.19. The van der Waals surface area contributed by atoms with Crippen molar-refractivity contribution in [1.29, 1.82) is 0 Å². The molecule has 1 saturated carbocycles. The first kappa shape index (κ1) is 9.93. The highest BCUT2D eigenvalue weighted by Crippen LogP contribution is 2.38. The van der Waals surface area contributed by atoms with Gasteiger partial charge in [0.25, 0.3) is 0 Å². The fourth-order valence-corrected chi connectivity index (χ4v) is 1.94. The second-order valence-corrected chi connectivity index (χ2v) is 4.55. The molecule has 1 saturated heterocycles. The van der Waals surface area contributed by atoms with Crippen LogP contribution < -0.4 is 4.90 Å². The highest BCUT2D eigenvalue weighted by molar-refractivity contribution is 5.41. The summed E-state index contributed by atoms with van der Waals surface area (Å²) >= 11 is 0. The SMILES string of the molecule is FC(F)C1CN(c2ccnc(C3CC3)n2)C1. The molecule has 1 aliphatic heterocycles. The first-order chi connectivity index (χ1) is 7.74. The quantitative estimate of drug-likeness (QED) is 0.788. The summed E-state index contributed by atoms with van der Waals surface area (Å²) in [5.41, 5.74) is 0. The van der Waals surface area contributed by atoms with E-state index in [0.717, 1.165) is 24.5 Å². The van der Waals surface area contributed by atoms with Crippen LogP contribution in [0, 0.1) is 5.92 Å². The van der Waals surface area contributed by atoms with Crippen molar-refractivity contribution in [2.45, 2.75) is 25.2 Å². The molecule has 0 aromatic carbocycles. The van der Waals surface area contributed by atoms with Gasteiger partial charge in [0.05, 0.1) is 5.92 Å². The largest absolute Gasteiger partial charge is 0.355 e. The Labute approximate surface area is 92.5 Å². The molecule has 0 atom stereocenters. The van der Waals surface area contributed by atoms with Crippen molar-refractivity contribution in [2.75, 3.05) is 18.0 Å². The van der Waals surface area contributed by atoms with Gasteiger partial charge in [-0.25, -0.2) is 18.7 Å². The van der Waals surface area contributed by atoms with Crippen LogP contribution in [0.5, 0.6) is 0 Å². The summed E-state index contributed by atoms with van der Waals surface area (Å²) in [6.07, 6.45) is 1.83. The molecule has 0 spiro atoms. The highest BCUT2D eigenvalue weighted by atomic mass is 19.3. The van der Waals surface area contributed by atoms with Crippen LogP contribution in [0.25, 0.3) is 0 Å². The molecular weight excluding hydrogens is 212 g/mol. The Bertz CT molecular complexity index is 387. The van der Waals surface area contributed by atoms with Crippen molar-refractivity contribution in [1.82, 2.24) is 9.97 Å². The Balaban J connectivity index is 1.69. The van der Waals surface area contributed by atoms with Crippen LogP contribution in [0.2, 0.25) is 0 Å². The minimum Gasteiger partial charge on any atom is -0.355 e. The lowest BCUT2D eigenvalue weighted by Gasteiger charge is -2.39. The molecule has 5 heteroatoms. The van der Waals surface area contributed by atoms with Crippen LogP contribution >= 0.6 is 0 Å². The van der Waals surface area contributed by atoms with E-state index in [0.29, 0.717) is 19.0 Å². The van der Waals surface area contributed by atoms with Crippen LogP contribution in [0.15, 0.2) is 12.3 Å². The molecule has 1 aromatic rings. The second kappa shape index (κ2) is 3.64. The van der Waals surface area contributed by atoms with Gasteiger partial charge in [0.15, 0.2) is 0 Å². The number of rotatable bonds is 3. The molecule has 2 heterocycles. The number of alkyl halides is 2. The monoisotopic (exact) mass is 225 g/mol. The van der Waals surface area contributed by atoms with Crippen LogP contribution in [0.1, 0.15) is 24.6 Å². The zero-order chi connectivity index (χ0) is 11.1. The fraction of sp³-hybridized carbons (Fsp3) is 0.636. The number of hydrogen-bond donors (Lipinski definition) is 0. The number of halogens is 2. The standard InChI is InChI=1S/C11H13F2N3/c12-10(13)8-5-16(6-8)9-3-4-14-11(15-9)7-1-2-7/h3-4,7-8,10H,1-2,5-6H2. The van der Waals surface area contributed by atoms with E-state index in [2.05, 4.69) is 9.97 Å². The van der Waals surface area contributed by atoms with E-state index in [-0.39, 0.29) is 0 Å². The topological polar surface area (TPSA) is 29.0 Å². The Morgan fingerprint density at radius 3 is 2.69 bits per heavy atom. The van der Waals surface area contributed by atoms with Gasteiger partial charge < -0.3 is 4.90 Å². The summed E-state index contributed by atoms with van der Waals surface area (Å²) in [6, 6.07) is 1.80. The van der Waals surface area contributed by atoms with Crippen LogP contribution in [0.3, 0.4) is 0 Å². The van der Waals surface area contributed by atoms with Gasteiger partial charge >= 0.3 is 0 Å². The number of hydrogen-bond acceptors (Lipinski definition) is 3. The van der Waals surface area contributed by atoms with Crippen molar-refractivity contribution < 1.29 is 8.78 Å². The van der Waals surface area contributed by atoms with Gasteiger partial charge in [-0.3, -0.25) is 0 Å². The average Bonchev–Trinajstić information content (AvgIpc) is 2.98. The lowest BCUT2D eigenvalue weighted by Crippen LogP contribution is -2.50. The van der Waals surface area contributed by atoms with Crippen molar-refractivity contribution in [2.24, 2.45) is 5.92 Å². The zero-order valence-electron chi connectivity index (χ0n) is 8.81. The molecule has 86 valence electrons. The van der Waals surface area contributed by atoms with Crippen molar-refractivity contribution >= 4 is 5.82 Å². The number of anilines is 1. The summed E-state index contributed by atoms with van der Waals surface area (Å²) in [4.78, 5) is 10.5. The Kier molecular flexibility index (Phi) is 2.26. The van der Waals surface area contributed by atoms with Crippen LogP contribution in [-0.2, 0) is 0 Å². The summed E-state index contributed by atoms with van der Waals surface area (Å²) < 4.78 is 24.7. The maximum absolute atomic E-state index is 12.3. The normalized spacial score (nSPS) is 21.3. The van der Waals surface area contributed by atoms with Crippen molar-refractivity contribution in [3.05, 3.63) is 18.1 Å². The fourth-order valence-electron chi connectivity index (χ4n) is 1.94. The molecule has 1 aromatic heterocycles. The predicted molar refractivity (Wildman–Crippen MR) is 55.7 cm³/mol. The Hall–Kier alpha value is -1.26. The van der Waals surface area contributed by atoms with Gasteiger partial charge in [-0.1, -0.05) is 0 Å². The van der Waals surface area contributed by atoms with Gasteiger partial charge in [0.1, 0.15) is 11.6 Å². The smallest absolute Gasteiger partial charge is 0.244 e. The summed E-state index contributed by atoms with van der Waals surface area (Å²) in [5.74, 6) is 1.69. The van der Waals surface area contributed by atoms with E-state index in [1.54, 1.807) is 12.3 Å².